The first-order chi connectivity index (χ1) is 9.85. The molecule has 0 unspecified atom stereocenters. The van der Waals surface area contributed by atoms with Gasteiger partial charge in [-0.15, -0.1) is 0 Å². The van der Waals surface area contributed by atoms with E-state index in [0.29, 0.717) is 11.1 Å². The van der Waals surface area contributed by atoms with E-state index in [1.54, 1.807) is 18.2 Å². The summed E-state index contributed by atoms with van der Waals surface area (Å²) in [5.74, 6) is -0.698. The summed E-state index contributed by atoms with van der Waals surface area (Å²) in [4.78, 5) is 15.9. The average Bonchev–Trinajstić information content (AvgIpc) is 2.39. The van der Waals surface area contributed by atoms with Gasteiger partial charge in [-0.3, -0.25) is 4.79 Å². The second-order valence-electron chi connectivity index (χ2n) is 4.60. The molecule has 1 amide bonds. The number of nitrogens with one attached hydrogen (secondary N) is 1. The summed E-state index contributed by atoms with van der Waals surface area (Å²) in [6.07, 6.45) is 2.57. The number of rotatable bonds is 4. The number of hydrogen-bond acceptors (Lipinski definition) is 5. The number of anilines is 1. The Morgan fingerprint density at radius 2 is 2.05 bits per heavy atom. The van der Waals surface area contributed by atoms with Gasteiger partial charge in [0, 0.05) is 18.0 Å². The van der Waals surface area contributed by atoms with Gasteiger partial charge in [0.15, 0.2) is 21.4 Å². The first kappa shape index (κ1) is 15.0. The molecule has 1 aromatic carbocycles. The highest BCUT2D eigenvalue weighted by Gasteiger charge is 2.11. The molecule has 1 aromatic heterocycles. The normalized spacial score (nSPS) is 11.1. The van der Waals surface area contributed by atoms with Gasteiger partial charge in [-0.2, -0.15) is 0 Å². The van der Waals surface area contributed by atoms with Crippen LogP contribution in [0.3, 0.4) is 0 Å². The fourth-order valence-corrected chi connectivity index (χ4v) is 2.56. The molecule has 0 fully saturated rings. The summed E-state index contributed by atoms with van der Waals surface area (Å²) in [6, 6.07) is 9.24. The van der Waals surface area contributed by atoms with E-state index in [9.17, 15) is 18.3 Å². The van der Waals surface area contributed by atoms with E-state index in [1.165, 1.54) is 24.4 Å². The lowest BCUT2D eigenvalue weighted by molar-refractivity contribution is 0.102. The van der Waals surface area contributed by atoms with Crippen molar-refractivity contribution in [2.24, 2.45) is 0 Å². The lowest BCUT2D eigenvalue weighted by Gasteiger charge is -2.07. The molecular formula is C14H14N2O4S. The van der Waals surface area contributed by atoms with Gasteiger partial charge >= 0.3 is 0 Å². The van der Waals surface area contributed by atoms with E-state index in [1.807, 2.05) is 0 Å². The molecule has 2 N–H and O–H groups in total. The summed E-state index contributed by atoms with van der Waals surface area (Å²) in [6.45, 7) is 0. The number of hydrogen-bond donors (Lipinski definition) is 2. The van der Waals surface area contributed by atoms with Crippen molar-refractivity contribution in [2.75, 3.05) is 11.6 Å². The van der Waals surface area contributed by atoms with E-state index >= 15 is 0 Å². The van der Waals surface area contributed by atoms with Gasteiger partial charge in [-0.1, -0.05) is 12.1 Å². The van der Waals surface area contributed by atoms with E-state index in [4.69, 9.17) is 0 Å². The molecule has 7 heteroatoms. The minimum Gasteiger partial charge on any atom is -0.504 e. The Kier molecular flexibility index (Phi) is 4.23. The standard InChI is InChI=1S/C14H14N2O4S/c1-21(19,20)9-10-4-2-5-11(8-10)14(18)16-13-12(17)6-3-7-15-13/h2-8,17H,9H2,1H3,(H,15,16,18). The summed E-state index contributed by atoms with van der Waals surface area (Å²) >= 11 is 0. The minimum absolute atomic E-state index is 0.0519. The number of aromatic nitrogens is 1. The van der Waals surface area contributed by atoms with E-state index < -0.39 is 15.7 Å². The van der Waals surface area contributed by atoms with Gasteiger partial charge in [0.2, 0.25) is 0 Å². The van der Waals surface area contributed by atoms with Crippen molar-refractivity contribution in [3.8, 4) is 5.75 Å². The number of nitrogens with zero attached hydrogens (tertiary/aromatic N) is 1. The number of amides is 1. The quantitative estimate of drug-likeness (QED) is 0.894. The molecule has 0 radical (unpaired) electrons. The highest BCUT2D eigenvalue weighted by atomic mass is 32.2. The largest absolute Gasteiger partial charge is 0.504 e. The lowest BCUT2D eigenvalue weighted by atomic mass is 10.1. The van der Waals surface area contributed by atoms with Gasteiger partial charge in [-0.25, -0.2) is 13.4 Å². The Morgan fingerprint density at radius 3 is 2.71 bits per heavy atom. The van der Waals surface area contributed by atoms with Crippen LogP contribution in [0.4, 0.5) is 5.82 Å². The molecule has 0 bridgehead atoms. The molecule has 0 atom stereocenters. The number of carbonyl (C=O) groups excluding carboxylic acids is 1. The predicted molar refractivity (Wildman–Crippen MR) is 78.8 cm³/mol. The van der Waals surface area contributed by atoms with Crippen molar-refractivity contribution in [3.05, 3.63) is 53.7 Å². The molecule has 0 aliphatic heterocycles. The van der Waals surface area contributed by atoms with Crippen LogP contribution in [0.5, 0.6) is 5.75 Å². The SMILES string of the molecule is CS(=O)(=O)Cc1cccc(C(=O)Nc2ncccc2O)c1. The third-order valence-electron chi connectivity index (χ3n) is 2.64. The van der Waals surface area contributed by atoms with Crippen LogP contribution in [0.1, 0.15) is 15.9 Å². The minimum atomic E-state index is -3.17. The molecule has 6 nitrogen and oxygen atoms in total. The van der Waals surface area contributed by atoms with Crippen molar-refractivity contribution < 1.29 is 18.3 Å². The summed E-state index contributed by atoms with van der Waals surface area (Å²) in [7, 11) is -3.17. The van der Waals surface area contributed by atoms with Crippen LogP contribution in [0.15, 0.2) is 42.6 Å². The number of pyridine rings is 1. The van der Waals surface area contributed by atoms with Crippen molar-refractivity contribution in [2.45, 2.75) is 5.75 Å². The fraction of sp³-hybridized carbons (Fsp3) is 0.143. The van der Waals surface area contributed by atoms with Gasteiger partial charge in [0.05, 0.1) is 5.75 Å². The van der Waals surface area contributed by atoms with E-state index in [-0.39, 0.29) is 17.3 Å². The number of sulfone groups is 1. The smallest absolute Gasteiger partial charge is 0.256 e. The van der Waals surface area contributed by atoms with Crippen LogP contribution >= 0.6 is 0 Å². The molecule has 1 heterocycles. The number of benzene rings is 1. The zero-order valence-electron chi connectivity index (χ0n) is 11.3. The van der Waals surface area contributed by atoms with E-state index in [0.717, 1.165) is 6.26 Å². The van der Waals surface area contributed by atoms with Crippen LogP contribution in [0.2, 0.25) is 0 Å². The third-order valence-corrected chi connectivity index (χ3v) is 3.49. The molecular weight excluding hydrogens is 292 g/mol. The molecule has 21 heavy (non-hydrogen) atoms. The molecule has 0 aliphatic rings. The van der Waals surface area contributed by atoms with Crippen LogP contribution in [-0.4, -0.2) is 30.7 Å². The average molecular weight is 306 g/mol. The lowest BCUT2D eigenvalue weighted by Crippen LogP contribution is -2.13. The molecule has 110 valence electrons. The Hall–Kier alpha value is -2.41. The topological polar surface area (TPSA) is 96.4 Å². The van der Waals surface area contributed by atoms with Crippen LogP contribution in [-0.2, 0) is 15.6 Å². The first-order valence-electron chi connectivity index (χ1n) is 6.07. The Morgan fingerprint density at radius 1 is 1.29 bits per heavy atom. The van der Waals surface area contributed by atoms with Crippen LogP contribution in [0, 0.1) is 0 Å². The number of carbonyl (C=O) groups is 1. The Balaban J connectivity index is 2.20. The van der Waals surface area contributed by atoms with Crippen molar-refractivity contribution in [1.29, 1.82) is 0 Å². The van der Waals surface area contributed by atoms with Crippen LogP contribution < -0.4 is 5.32 Å². The molecule has 0 saturated heterocycles. The predicted octanol–water partition coefficient (Wildman–Crippen LogP) is 1.58. The maximum absolute atomic E-state index is 12.1. The molecule has 0 saturated carbocycles. The maximum Gasteiger partial charge on any atom is 0.256 e. The van der Waals surface area contributed by atoms with Crippen LogP contribution in [0.25, 0.3) is 0 Å². The highest BCUT2D eigenvalue weighted by Crippen LogP contribution is 2.19. The molecule has 0 aliphatic carbocycles. The van der Waals surface area contributed by atoms with Gasteiger partial charge in [0.25, 0.3) is 5.91 Å². The second kappa shape index (κ2) is 5.92. The Labute approximate surface area is 122 Å². The summed E-state index contributed by atoms with van der Waals surface area (Å²) in [5.41, 5.74) is 0.816. The zero-order chi connectivity index (χ0) is 15.5. The van der Waals surface area contributed by atoms with Crippen molar-refractivity contribution in [1.82, 2.24) is 4.98 Å². The van der Waals surface area contributed by atoms with Gasteiger partial charge in [-0.05, 0) is 29.8 Å². The molecule has 2 rings (SSSR count). The number of aromatic hydroxyl groups is 1. The Bertz CT molecular complexity index is 772. The van der Waals surface area contributed by atoms with E-state index in [2.05, 4.69) is 10.3 Å². The maximum atomic E-state index is 12.1. The third kappa shape index (κ3) is 4.28. The van der Waals surface area contributed by atoms with Gasteiger partial charge in [0.1, 0.15) is 0 Å². The van der Waals surface area contributed by atoms with Crippen molar-refractivity contribution >= 4 is 21.6 Å². The zero-order valence-corrected chi connectivity index (χ0v) is 12.1. The first-order valence-corrected chi connectivity index (χ1v) is 8.13. The van der Waals surface area contributed by atoms with Gasteiger partial charge < -0.3 is 10.4 Å². The van der Waals surface area contributed by atoms with Crippen molar-refractivity contribution in [3.63, 3.8) is 0 Å². The highest BCUT2D eigenvalue weighted by molar-refractivity contribution is 7.89. The molecule has 2 aromatic rings. The second-order valence-corrected chi connectivity index (χ2v) is 6.74. The monoisotopic (exact) mass is 306 g/mol. The molecule has 0 spiro atoms. The summed E-state index contributed by atoms with van der Waals surface area (Å²) < 4.78 is 22.5. The fourth-order valence-electron chi connectivity index (χ4n) is 1.78. The summed E-state index contributed by atoms with van der Waals surface area (Å²) in [5, 5.41) is 12.0.